The van der Waals surface area contributed by atoms with Crippen molar-refractivity contribution in [2.45, 2.75) is 20.0 Å². The van der Waals surface area contributed by atoms with Gasteiger partial charge in [0.25, 0.3) is 0 Å². The highest BCUT2D eigenvalue weighted by atomic mass is 79.9. The number of ether oxygens (including phenoxy) is 1. The fraction of sp³-hybridized carbons (Fsp3) is 0.200. The first-order valence-corrected chi connectivity index (χ1v) is 6.68. The molecule has 1 atom stereocenters. The minimum atomic E-state index is -0.555. The summed E-state index contributed by atoms with van der Waals surface area (Å²) in [6.07, 6.45) is -0.555. The smallest absolute Gasteiger partial charge is 0.130 e. The second-order valence-electron chi connectivity index (χ2n) is 4.37. The molecule has 19 heavy (non-hydrogen) atoms. The summed E-state index contributed by atoms with van der Waals surface area (Å²) in [5.74, 6) is 0.733. The summed E-state index contributed by atoms with van der Waals surface area (Å²) < 4.78 is 19.7. The second-order valence-corrected chi connectivity index (χ2v) is 5.23. The van der Waals surface area contributed by atoms with Gasteiger partial charge in [-0.25, -0.2) is 4.39 Å². The van der Waals surface area contributed by atoms with Crippen LogP contribution in [0.5, 0.6) is 11.5 Å². The quantitative estimate of drug-likeness (QED) is 0.883. The predicted octanol–water partition coefficient (Wildman–Crippen LogP) is 4.74. The van der Waals surface area contributed by atoms with Crippen LogP contribution in [0.15, 0.2) is 40.9 Å². The molecule has 0 amide bonds. The highest BCUT2D eigenvalue weighted by molar-refractivity contribution is 9.10. The number of aliphatic hydroxyl groups excluding tert-OH is 1. The number of rotatable bonds is 3. The van der Waals surface area contributed by atoms with Crippen LogP contribution in [0.1, 0.15) is 24.2 Å². The number of aryl methyl sites for hydroxylation is 1. The van der Waals surface area contributed by atoms with E-state index in [4.69, 9.17) is 4.74 Å². The third-order valence-corrected chi connectivity index (χ3v) is 3.49. The zero-order valence-corrected chi connectivity index (χ0v) is 12.2. The maximum absolute atomic E-state index is 13.4. The van der Waals surface area contributed by atoms with E-state index in [1.165, 1.54) is 6.07 Å². The predicted molar refractivity (Wildman–Crippen MR) is 76.0 cm³/mol. The van der Waals surface area contributed by atoms with E-state index < -0.39 is 6.10 Å². The average Bonchev–Trinajstić information content (AvgIpc) is 2.33. The summed E-state index contributed by atoms with van der Waals surface area (Å²) in [4.78, 5) is 0. The van der Waals surface area contributed by atoms with E-state index in [1.807, 2.05) is 0 Å². The average molecular weight is 325 g/mol. The molecule has 2 aromatic rings. The lowest BCUT2D eigenvalue weighted by Gasteiger charge is -2.11. The Labute approximate surface area is 120 Å². The van der Waals surface area contributed by atoms with Crippen molar-refractivity contribution in [1.82, 2.24) is 0 Å². The van der Waals surface area contributed by atoms with E-state index in [0.29, 0.717) is 17.1 Å². The second kappa shape index (κ2) is 5.72. The van der Waals surface area contributed by atoms with E-state index in [0.717, 1.165) is 10.0 Å². The molecule has 0 aliphatic carbocycles. The first-order chi connectivity index (χ1) is 8.97. The summed E-state index contributed by atoms with van der Waals surface area (Å²) in [7, 11) is 0. The highest BCUT2D eigenvalue weighted by Gasteiger charge is 2.08. The first kappa shape index (κ1) is 14.0. The van der Waals surface area contributed by atoms with Crippen LogP contribution in [0.2, 0.25) is 0 Å². The summed E-state index contributed by atoms with van der Waals surface area (Å²) in [5.41, 5.74) is 1.36. The summed E-state index contributed by atoms with van der Waals surface area (Å²) in [6.45, 7) is 3.39. The van der Waals surface area contributed by atoms with Crippen LogP contribution in [-0.2, 0) is 0 Å². The summed E-state index contributed by atoms with van der Waals surface area (Å²) >= 11 is 3.37. The Kier molecular flexibility index (Phi) is 4.22. The van der Waals surface area contributed by atoms with Gasteiger partial charge in [-0.3, -0.25) is 0 Å². The molecule has 2 nitrogen and oxygen atoms in total. The molecule has 2 aromatic carbocycles. The van der Waals surface area contributed by atoms with E-state index in [9.17, 15) is 9.50 Å². The maximum atomic E-state index is 13.4. The lowest BCUT2D eigenvalue weighted by molar-refractivity contribution is 0.198. The SMILES string of the molecule is Cc1ccc(Oc2ccc([C@@H](C)O)c(Br)c2)cc1F. The van der Waals surface area contributed by atoms with Crippen molar-refractivity contribution in [2.24, 2.45) is 0 Å². The highest BCUT2D eigenvalue weighted by Crippen LogP contribution is 2.30. The molecule has 0 spiro atoms. The molecule has 4 heteroatoms. The Morgan fingerprint density at radius 1 is 1.16 bits per heavy atom. The molecule has 0 unspecified atom stereocenters. The van der Waals surface area contributed by atoms with Crippen LogP contribution in [0.4, 0.5) is 4.39 Å². The number of aliphatic hydroxyl groups is 1. The van der Waals surface area contributed by atoms with Gasteiger partial charge < -0.3 is 9.84 Å². The molecule has 0 aromatic heterocycles. The molecule has 0 saturated carbocycles. The molecule has 0 aliphatic heterocycles. The largest absolute Gasteiger partial charge is 0.457 e. The van der Waals surface area contributed by atoms with E-state index in [1.54, 1.807) is 44.2 Å². The van der Waals surface area contributed by atoms with Crippen molar-refractivity contribution in [1.29, 1.82) is 0 Å². The van der Waals surface area contributed by atoms with Crippen molar-refractivity contribution >= 4 is 15.9 Å². The number of halogens is 2. The van der Waals surface area contributed by atoms with Gasteiger partial charge >= 0.3 is 0 Å². The van der Waals surface area contributed by atoms with Gasteiger partial charge in [0.15, 0.2) is 0 Å². The molecule has 0 saturated heterocycles. The molecular formula is C15H14BrFO2. The molecule has 100 valence electrons. The first-order valence-electron chi connectivity index (χ1n) is 5.89. The van der Waals surface area contributed by atoms with E-state index >= 15 is 0 Å². The van der Waals surface area contributed by atoms with Gasteiger partial charge in [0.05, 0.1) is 6.10 Å². The Bertz CT molecular complexity index is 597. The summed E-state index contributed by atoms with van der Waals surface area (Å²) in [6, 6.07) is 10.0. The van der Waals surface area contributed by atoms with Crippen LogP contribution >= 0.6 is 15.9 Å². The van der Waals surface area contributed by atoms with Gasteiger partial charge in [0, 0.05) is 10.5 Å². The number of benzene rings is 2. The Balaban J connectivity index is 2.24. The number of hydrogen-bond acceptors (Lipinski definition) is 2. The lowest BCUT2D eigenvalue weighted by Crippen LogP contribution is -1.93. The molecule has 0 aliphatic rings. The van der Waals surface area contributed by atoms with Gasteiger partial charge in [-0.15, -0.1) is 0 Å². The van der Waals surface area contributed by atoms with Crippen molar-refractivity contribution < 1.29 is 14.2 Å². The minimum Gasteiger partial charge on any atom is -0.457 e. The molecule has 0 radical (unpaired) electrons. The lowest BCUT2D eigenvalue weighted by atomic mass is 10.1. The van der Waals surface area contributed by atoms with Crippen molar-refractivity contribution in [3.05, 3.63) is 57.8 Å². The Hall–Kier alpha value is -1.39. The third kappa shape index (κ3) is 3.33. The third-order valence-electron chi connectivity index (χ3n) is 2.80. The van der Waals surface area contributed by atoms with Gasteiger partial charge in [0.1, 0.15) is 17.3 Å². The standard InChI is InChI=1S/C15H14BrFO2/c1-9-3-4-12(8-15(9)17)19-11-5-6-13(10(2)18)14(16)7-11/h3-8,10,18H,1-2H3/t10-/m1/s1. The summed E-state index contributed by atoms with van der Waals surface area (Å²) in [5, 5.41) is 9.53. The topological polar surface area (TPSA) is 29.5 Å². The Morgan fingerprint density at radius 2 is 1.79 bits per heavy atom. The monoisotopic (exact) mass is 324 g/mol. The van der Waals surface area contributed by atoms with Gasteiger partial charge in [-0.2, -0.15) is 0 Å². The van der Waals surface area contributed by atoms with Crippen molar-refractivity contribution in [3.63, 3.8) is 0 Å². The normalized spacial score (nSPS) is 12.3. The van der Waals surface area contributed by atoms with Crippen molar-refractivity contribution in [2.75, 3.05) is 0 Å². The molecule has 1 N–H and O–H groups in total. The molecule has 0 fully saturated rings. The maximum Gasteiger partial charge on any atom is 0.130 e. The van der Waals surface area contributed by atoms with E-state index in [-0.39, 0.29) is 5.82 Å². The van der Waals surface area contributed by atoms with Gasteiger partial charge in [0.2, 0.25) is 0 Å². The fourth-order valence-electron chi connectivity index (χ4n) is 1.68. The van der Waals surface area contributed by atoms with Crippen LogP contribution in [0.25, 0.3) is 0 Å². The minimum absolute atomic E-state index is 0.294. The van der Waals surface area contributed by atoms with Crippen molar-refractivity contribution in [3.8, 4) is 11.5 Å². The van der Waals surface area contributed by atoms with Crippen LogP contribution in [-0.4, -0.2) is 5.11 Å². The molecule has 0 heterocycles. The molecular weight excluding hydrogens is 311 g/mol. The number of hydrogen-bond donors (Lipinski definition) is 1. The zero-order chi connectivity index (χ0) is 14.0. The molecule has 0 bridgehead atoms. The van der Waals surface area contributed by atoms with E-state index in [2.05, 4.69) is 15.9 Å². The van der Waals surface area contributed by atoms with Crippen LogP contribution < -0.4 is 4.74 Å². The van der Waals surface area contributed by atoms with Crippen LogP contribution in [0, 0.1) is 12.7 Å². The van der Waals surface area contributed by atoms with Gasteiger partial charge in [-0.1, -0.05) is 28.1 Å². The zero-order valence-electron chi connectivity index (χ0n) is 10.7. The fourth-order valence-corrected chi connectivity index (χ4v) is 2.37. The van der Waals surface area contributed by atoms with Gasteiger partial charge in [-0.05, 0) is 43.2 Å². The Morgan fingerprint density at radius 3 is 2.37 bits per heavy atom. The molecule has 2 rings (SSSR count). The van der Waals surface area contributed by atoms with Crippen LogP contribution in [0.3, 0.4) is 0 Å².